The Morgan fingerprint density at radius 3 is 2.57 bits per heavy atom. The monoisotopic (exact) mass is 422 g/mol. The smallest absolute Gasteiger partial charge is 0.255 e. The molecule has 2 aliphatic rings. The third kappa shape index (κ3) is 3.68. The van der Waals surface area contributed by atoms with Crippen molar-refractivity contribution in [3.63, 3.8) is 0 Å². The molecule has 0 radical (unpaired) electrons. The third-order valence-corrected chi connectivity index (χ3v) is 5.25. The van der Waals surface area contributed by atoms with Crippen LogP contribution in [0.2, 0.25) is 5.02 Å². The Morgan fingerprint density at radius 1 is 1.29 bits per heavy atom. The lowest BCUT2D eigenvalue weighted by atomic mass is 10.1. The predicted molar refractivity (Wildman–Crippen MR) is 89.2 cm³/mol. The molecular weight excluding hydrogens is 406 g/mol. The van der Waals surface area contributed by atoms with E-state index >= 15 is 0 Å². The Morgan fingerprint density at radius 2 is 1.95 bits per heavy atom. The van der Waals surface area contributed by atoms with Crippen LogP contribution in [-0.4, -0.2) is 48.4 Å². The molecule has 1 aliphatic heterocycles. The van der Waals surface area contributed by atoms with Crippen molar-refractivity contribution in [3.05, 3.63) is 32.1 Å². The molecule has 1 saturated heterocycles. The molecule has 1 heterocycles. The van der Waals surface area contributed by atoms with Gasteiger partial charge in [0.15, 0.2) is 0 Å². The Balaban J connectivity index is 1.64. The van der Waals surface area contributed by atoms with Crippen LogP contribution < -0.4 is 0 Å². The van der Waals surface area contributed by atoms with Crippen molar-refractivity contribution in [2.24, 2.45) is 5.92 Å². The quantitative estimate of drug-likeness (QED) is 0.551. The molecule has 0 N–H and O–H groups in total. The number of piperazine rings is 1. The van der Waals surface area contributed by atoms with Gasteiger partial charge in [-0.3, -0.25) is 9.69 Å². The van der Waals surface area contributed by atoms with Crippen molar-refractivity contribution in [3.8, 4) is 0 Å². The van der Waals surface area contributed by atoms with Crippen molar-refractivity contribution in [1.29, 1.82) is 0 Å². The van der Waals surface area contributed by atoms with Crippen LogP contribution in [0.1, 0.15) is 23.2 Å². The minimum absolute atomic E-state index is 0.0935. The third-order valence-electron chi connectivity index (χ3n) is 4.11. The molecule has 3 rings (SSSR count). The van der Waals surface area contributed by atoms with E-state index in [-0.39, 0.29) is 16.7 Å². The molecule has 3 nitrogen and oxygen atoms in total. The van der Waals surface area contributed by atoms with Crippen molar-refractivity contribution in [2.75, 3.05) is 32.7 Å². The molecule has 114 valence electrons. The lowest BCUT2D eigenvalue weighted by Gasteiger charge is -2.35. The summed E-state index contributed by atoms with van der Waals surface area (Å²) in [5.74, 6) is 0.399. The molecule has 0 spiro atoms. The Hall–Kier alpha value is -0.400. The molecule has 1 aliphatic carbocycles. The first-order valence-electron chi connectivity index (χ1n) is 7.21. The fraction of sp³-hybridized carbons (Fsp3) is 0.533. The van der Waals surface area contributed by atoms with Crippen LogP contribution in [0.5, 0.6) is 0 Å². The van der Waals surface area contributed by atoms with Crippen LogP contribution in [0.4, 0.5) is 4.39 Å². The van der Waals surface area contributed by atoms with Gasteiger partial charge in [0.2, 0.25) is 0 Å². The highest BCUT2D eigenvalue weighted by Gasteiger charge is 2.28. The number of rotatable bonds is 3. The van der Waals surface area contributed by atoms with Crippen LogP contribution in [0.3, 0.4) is 0 Å². The Bertz CT molecular complexity index is 557. The maximum atomic E-state index is 13.4. The first kappa shape index (κ1) is 15.5. The zero-order chi connectivity index (χ0) is 15.0. The van der Waals surface area contributed by atoms with Gasteiger partial charge in [0.25, 0.3) is 5.91 Å². The minimum Gasteiger partial charge on any atom is -0.336 e. The average Bonchev–Trinajstić information content (AvgIpc) is 3.27. The minimum atomic E-state index is -0.383. The van der Waals surface area contributed by atoms with Crippen LogP contribution in [0, 0.1) is 15.3 Å². The number of carbonyl (C=O) groups excluding carboxylic acids is 1. The average molecular weight is 423 g/mol. The van der Waals surface area contributed by atoms with Gasteiger partial charge < -0.3 is 4.90 Å². The van der Waals surface area contributed by atoms with Gasteiger partial charge in [-0.1, -0.05) is 11.6 Å². The van der Waals surface area contributed by atoms with E-state index in [0.29, 0.717) is 9.13 Å². The van der Waals surface area contributed by atoms with E-state index in [1.54, 1.807) is 0 Å². The van der Waals surface area contributed by atoms with Gasteiger partial charge in [-0.15, -0.1) is 0 Å². The molecule has 21 heavy (non-hydrogen) atoms. The second kappa shape index (κ2) is 6.38. The summed E-state index contributed by atoms with van der Waals surface area (Å²) in [6.45, 7) is 4.43. The molecule has 0 aromatic heterocycles. The lowest BCUT2D eigenvalue weighted by Crippen LogP contribution is -2.49. The van der Waals surface area contributed by atoms with Gasteiger partial charge in [0.05, 0.1) is 10.6 Å². The van der Waals surface area contributed by atoms with Crippen LogP contribution in [-0.2, 0) is 0 Å². The molecule has 0 unspecified atom stereocenters. The van der Waals surface area contributed by atoms with Gasteiger partial charge in [0, 0.05) is 36.3 Å². The van der Waals surface area contributed by atoms with E-state index in [9.17, 15) is 9.18 Å². The Kier molecular flexibility index (Phi) is 4.71. The highest BCUT2D eigenvalue weighted by Crippen LogP contribution is 2.30. The SMILES string of the molecule is O=C(c1cc(I)c(F)cc1Cl)N1CCN(CC2CC2)CC1. The summed E-state index contributed by atoms with van der Waals surface area (Å²) in [5, 5.41) is 0.193. The van der Waals surface area contributed by atoms with Crippen molar-refractivity contribution >= 4 is 40.1 Å². The summed E-state index contributed by atoms with van der Waals surface area (Å²) >= 11 is 7.90. The topological polar surface area (TPSA) is 23.6 Å². The van der Waals surface area contributed by atoms with E-state index in [4.69, 9.17) is 11.6 Å². The maximum absolute atomic E-state index is 13.4. The number of halogens is 3. The molecule has 6 heteroatoms. The van der Waals surface area contributed by atoms with Gasteiger partial charge in [-0.05, 0) is 53.5 Å². The summed E-state index contributed by atoms with van der Waals surface area (Å²) in [6.07, 6.45) is 2.70. The first-order valence-corrected chi connectivity index (χ1v) is 8.66. The van der Waals surface area contributed by atoms with E-state index in [1.165, 1.54) is 25.0 Å². The van der Waals surface area contributed by atoms with E-state index in [0.717, 1.165) is 38.6 Å². The normalized spacial score (nSPS) is 19.9. The standard InChI is InChI=1S/C15H17ClFIN2O/c16-12-8-13(17)14(18)7-11(12)15(21)20-5-3-19(4-6-20)9-10-1-2-10/h7-8,10H,1-6,9H2. The molecular formula is C15H17ClFIN2O. The zero-order valence-corrected chi connectivity index (χ0v) is 14.5. The number of hydrogen-bond donors (Lipinski definition) is 0. The van der Waals surface area contributed by atoms with Gasteiger partial charge in [-0.2, -0.15) is 0 Å². The summed E-state index contributed by atoms with van der Waals surface area (Å²) in [6, 6.07) is 2.76. The molecule has 2 fully saturated rings. The lowest BCUT2D eigenvalue weighted by molar-refractivity contribution is 0.0632. The molecule has 0 atom stereocenters. The highest BCUT2D eigenvalue weighted by atomic mass is 127. The van der Waals surface area contributed by atoms with Crippen molar-refractivity contribution < 1.29 is 9.18 Å². The second-order valence-electron chi connectivity index (χ2n) is 5.78. The largest absolute Gasteiger partial charge is 0.336 e. The predicted octanol–water partition coefficient (Wildman–Crippen LogP) is 3.25. The summed E-state index contributed by atoms with van der Waals surface area (Å²) < 4.78 is 13.8. The summed E-state index contributed by atoms with van der Waals surface area (Å²) in [4.78, 5) is 16.8. The molecule has 0 bridgehead atoms. The summed E-state index contributed by atoms with van der Waals surface area (Å²) in [7, 11) is 0. The molecule has 1 amide bonds. The van der Waals surface area contributed by atoms with Crippen LogP contribution >= 0.6 is 34.2 Å². The number of nitrogens with zero attached hydrogens (tertiary/aromatic N) is 2. The van der Waals surface area contributed by atoms with Gasteiger partial charge in [0.1, 0.15) is 5.82 Å². The highest BCUT2D eigenvalue weighted by molar-refractivity contribution is 14.1. The van der Waals surface area contributed by atoms with Gasteiger partial charge in [-0.25, -0.2) is 4.39 Å². The Labute approximate surface area is 142 Å². The maximum Gasteiger partial charge on any atom is 0.255 e. The first-order chi connectivity index (χ1) is 10.0. The second-order valence-corrected chi connectivity index (χ2v) is 7.35. The molecule has 1 saturated carbocycles. The van der Waals surface area contributed by atoms with E-state index < -0.39 is 0 Å². The van der Waals surface area contributed by atoms with Crippen LogP contribution in [0.15, 0.2) is 12.1 Å². The number of amides is 1. The number of hydrogen-bond acceptors (Lipinski definition) is 2. The van der Waals surface area contributed by atoms with E-state index in [2.05, 4.69) is 4.90 Å². The molecule has 1 aromatic rings. The van der Waals surface area contributed by atoms with Crippen molar-refractivity contribution in [2.45, 2.75) is 12.8 Å². The zero-order valence-electron chi connectivity index (χ0n) is 11.6. The van der Waals surface area contributed by atoms with Crippen LogP contribution in [0.25, 0.3) is 0 Å². The van der Waals surface area contributed by atoms with Gasteiger partial charge >= 0.3 is 0 Å². The number of carbonyl (C=O) groups is 1. The fourth-order valence-corrected chi connectivity index (χ4v) is 3.35. The molecule has 1 aromatic carbocycles. The fourth-order valence-electron chi connectivity index (χ4n) is 2.66. The van der Waals surface area contributed by atoms with Crippen molar-refractivity contribution in [1.82, 2.24) is 9.80 Å². The number of benzene rings is 1. The summed E-state index contributed by atoms with van der Waals surface area (Å²) in [5.41, 5.74) is 0.401. The van der Waals surface area contributed by atoms with E-state index in [1.807, 2.05) is 27.5 Å².